The van der Waals surface area contributed by atoms with Gasteiger partial charge in [-0.05, 0) is 25.0 Å². The quantitative estimate of drug-likeness (QED) is 0.835. The van der Waals surface area contributed by atoms with Crippen LogP contribution in [0, 0.1) is 5.92 Å². The van der Waals surface area contributed by atoms with E-state index in [4.69, 9.17) is 5.73 Å². The maximum absolute atomic E-state index is 12.6. The Morgan fingerprint density at radius 2 is 1.81 bits per heavy atom. The highest BCUT2D eigenvalue weighted by Crippen LogP contribution is 2.27. The molecule has 2 rings (SSSR count). The summed E-state index contributed by atoms with van der Waals surface area (Å²) in [7, 11) is -0.142. The third-order valence-electron chi connectivity index (χ3n) is 3.78. The predicted octanol–water partition coefficient (Wildman–Crippen LogP) is 0.758. The molecule has 0 atom stereocenters. The Morgan fingerprint density at radius 3 is 2.33 bits per heavy atom. The lowest BCUT2D eigenvalue weighted by molar-refractivity contribution is -0.134. The Bertz CT molecular complexity index is 620. The summed E-state index contributed by atoms with van der Waals surface area (Å²) in [6.45, 7) is 0.696. The molecule has 1 aromatic carbocycles. The van der Waals surface area contributed by atoms with Crippen molar-refractivity contribution in [2.24, 2.45) is 5.92 Å². The Hall–Kier alpha value is -1.60. The number of nitrogens with zero attached hydrogens (tertiary/aromatic N) is 2. The first kappa shape index (κ1) is 15.8. The van der Waals surface area contributed by atoms with Crippen molar-refractivity contribution in [3.8, 4) is 0 Å². The summed E-state index contributed by atoms with van der Waals surface area (Å²) >= 11 is 0. The van der Waals surface area contributed by atoms with Crippen molar-refractivity contribution >= 4 is 21.6 Å². The molecular formula is C14H21N3O3S. The van der Waals surface area contributed by atoms with Gasteiger partial charge in [0.05, 0.1) is 5.69 Å². The molecule has 6 nitrogen and oxygen atoms in total. The molecule has 7 heteroatoms. The van der Waals surface area contributed by atoms with E-state index < -0.39 is 10.0 Å². The van der Waals surface area contributed by atoms with Crippen molar-refractivity contribution < 1.29 is 13.2 Å². The van der Waals surface area contributed by atoms with Crippen molar-refractivity contribution in [3.63, 3.8) is 0 Å². The number of rotatable bonds is 3. The summed E-state index contributed by atoms with van der Waals surface area (Å²) in [5.74, 6) is -0.0363. The van der Waals surface area contributed by atoms with Crippen molar-refractivity contribution in [1.29, 1.82) is 0 Å². The maximum Gasteiger partial charge on any atom is 0.245 e. The number of nitrogens with two attached hydrogens (primary N) is 1. The molecule has 0 saturated carbocycles. The van der Waals surface area contributed by atoms with Gasteiger partial charge in [-0.25, -0.2) is 8.42 Å². The fraction of sp³-hybridized carbons (Fsp3) is 0.500. The Balaban J connectivity index is 2.12. The summed E-state index contributed by atoms with van der Waals surface area (Å²) in [5, 5.41) is 0. The van der Waals surface area contributed by atoms with Gasteiger partial charge in [0.15, 0.2) is 0 Å². The third-order valence-corrected chi connectivity index (χ3v) is 5.75. The molecular weight excluding hydrogens is 290 g/mol. The van der Waals surface area contributed by atoms with Gasteiger partial charge in [-0.2, -0.15) is 4.31 Å². The van der Waals surface area contributed by atoms with Crippen LogP contribution in [-0.4, -0.2) is 50.7 Å². The lowest BCUT2D eigenvalue weighted by Crippen LogP contribution is -2.42. The first-order chi connectivity index (χ1) is 9.84. The minimum Gasteiger partial charge on any atom is -0.398 e. The van der Waals surface area contributed by atoms with Crippen LogP contribution in [0.2, 0.25) is 0 Å². The second-order valence-corrected chi connectivity index (χ2v) is 7.36. The lowest BCUT2D eigenvalue weighted by atomic mass is 9.97. The van der Waals surface area contributed by atoms with Crippen LogP contribution in [0.3, 0.4) is 0 Å². The molecule has 116 valence electrons. The van der Waals surface area contributed by atoms with Gasteiger partial charge >= 0.3 is 0 Å². The van der Waals surface area contributed by atoms with E-state index in [1.165, 1.54) is 10.4 Å². The van der Waals surface area contributed by atoms with Crippen molar-refractivity contribution in [3.05, 3.63) is 24.3 Å². The fourth-order valence-electron chi connectivity index (χ4n) is 2.56. The van der Waals surface area contributed by atoms with Gasteiger partial charge in [-0.3, -0.25) is 4.79 Å². The van der Waals surface area contributed by atoms with Gasteiger partial charge in [0.1, 0.15) is 4.90 Å². The number of hydrogen-bond donors (Lipinski definition) is 1. The molecule has 1 aromatic rings. The zero-order chi connectivity index (χ0) is 15.6. The SMILES string of the molecule is CN(C)C(=O)C1CCN(S(=O)(=O)c2ccccc2N)CC1. The highest BCUT2D eigenvalue weighted by atomic mass is 32.2. The molecule has 0 radical (unpaired) electrons. The molecule has 0 aliphatic carbocycles. The molecule has 1 amide bonds. The lowest BCUT2D eigenvalue weighted by Gasteiger charge is -2.31. The fourth-order valence-corrected chi connectivity index (χ4v) is 4.15. The molecule has 0 spiro atoms. The number of nitrogen functional groups attached to an aromatic ring is 1. The Labute approximate surface area is 125 Å². The van der Waals surface area contributed by atoms with E-state index >= 15 is 0 Å². The van der Waals surface area contributed by atoms with Gasteiger partial charge in [0.25, 0.3) is 0 Å². The molecule has 21 heavy (non-hydrogen) atoms. The third kappa shape index (κ3) is 3.19. The number of para-hydroxylation sites is 1. The number of piperidine rings is 1. The number of anilines is 1. The molecule has 1 aliphatic rings. The van der Waals surface area contributed by atoms with E-state index in [1.54, 1.807) is 37.2 Å². The first-order valence-electron chi connectivity index (χ1n) is 6.90. The Kier molecular flexibility index (Phi) is 4.53. The van der Waals surface area contributed by atoms with Crippen LogP contribution < -0.4 is 5.73 Å². The maximum atomic E-state index is 12.6. The molecule has 0 aromatic heterocycles. The highest BCUT2D eigenvalue weighted by molar-refractivity contribution is 7.89. The standard InChI is InChI=1S/C14H21N3O3S/c1-16(2)14(18)11-7-9-17(10-8-11)21(19,20)13-6-4-3-5-12(13)15/h3-6,11H,7-10,15H2,1-2H3. The van der Waals surface area contributed by atoms with Crippen LogP contribution in [0.5, 0.6) is 0 Å². The summed E-state index contributed by atoms with van der Waals surface area (Å²) in [5.41, 5.74) is 6.02. The van der Waals surface area contributed by atoms with E-state index in [0.29, 0.717) is 25.9 Å². The van der Waals surface area contributed by atoms with Crippen LogP contribution in [0.15, 0.2) is 29.2 Å². The molecule has 1 heterocycles. The normalized spacial score (nSPS) is 17.6. The van der Waals surface area contributed by atoms with Crippen LogP contribution in [0.25, 0.3) is 0 Å². The molecule has 1 saturated heterocycles. The van der Waals surface area contributed by atoms with Crippen molar-refractivity contribution in [2.45, 2.75) is 17.7 Å². The zero-order valence-corrected chi connectivity index (χ0v) is 13.1. The van der Waals surface area contributed by atoms with Gasteiger partial charge in [0.2, 0.25) is 15.9 Å². The summed E-state index contributed by atoms with van der Waals surface area (Å²) in [6, 6.07) is 6.46. The predicted molar refractivity (Wildman–Crippen MR) is 81.0 cm³/mol. The number of carbonyl (C=O) groups excluding carboxylic acids is 1. The van der Waals surface area contributed by atoms with Crippen LogP contribution >= 0.6 is 0 Å². The van der Waals surface area contributed by atoms with E-state index in [2.05, 4.69) is 0 Å². The van der Waals surface area contributed by atoms with E-state index in [-0.39, 0.29) is 22.4 Å². The number of hydrogen-bond acceptors (Lipinski definition) is 4. The van der Waals surface area contributed by atoms with Gasteiger partial charge in [-0.15, -0.1) is 0 Å². The van der Waals surface area contributed by atoms with Crippen LogP contribution in [0.1, 0.15) is 12.8 Å². The minimum absolute atomic E-state index is 0.0614. The molecule has 1 aliphatic heterocycles. The molecule has 1 fully saturated rings. The van der Waals surface area contributed by atoms with E-state index in [0.717, 1.165) is 0 Å². The van der Waals surface area contributed by atoms with E-state index in [1.807, 2.05) is 0 Å². The number of amides is 1. The van der Waals surface area contributed by atoms with Crippen LogP contribution in [-0.2, 0) is 14.8 Å². The minimum atomic E-state index is -3.58. The number of carbonyl (C=O) groups is 1. The van der Waals surface area contributed by atoms with Gasteiger partial charge < -0.3 is 10.6 Å². The van der Waals surface area contributed by atoms with Crippen molar-refractivity contribution in [2.75, 3.05) is 32.9 Å². The van der Waals surface area contributed by atoms with Gasteiger partial charge in [0, 0.05) is 33.1 Å². The first-order valence-corrected chi connectivity index (χ1v) is 8.34. The second-order valence-electron chi connectivity index (χ2n) is 5.45. The summed E-state index contributed by atoms with van der Waals surface area (Å²) < 4.78 is 26.6. The largest absolute Gasteiger partial charge is 0.398 e. The van der Waals surface area contributed by atoms with E-state index in [9.17, 15) is 13.2 Å². The summed E-state index contributed by atoms with van der Waals surface area (Å²) in [6.07, 6.45) is 1.09. The smallest absolute Gasteiger partial charge is 0.245 e. The van der Waals surface area contributed by atoms with Gasteiger partial charge in [-0.1, -0.05) is 12.1 Å². The van der Waals surface area contributed by atoms with Crippen molar-refractivity contribution in [1.82, 2.24) is 9.21 Å². The molecule has 0 bridgehead atoms. The number of sulfonamides is 1. The highest BCUT2D eigenvalue weighted by Gasteiger charge is 2.33. The Morgan fingerprint density at radius 1 is 1.24 bits per heavy atom. The molecule has 0 unspecified atom stereocenters. The topological polar surface area (TPSA) is 83.7 Å². The monoisotopic (exact) mass is 311 g/mol. The second kappa shape index (κ2) is 6.03. The average Bonchev–Trinajstić information content (AvgIpc) is 2.46. The number of benzene rings is 1. The summed E-state index contributed by atoms with van der Waals surface area (Å²) in [4.78, 5) is 13.6. The zero-order valence-electron chi connectivity index (χ0n) is 12.3. The molecule has 2 N–H and O–H groups in total. The average molecular weight is 311 g/mol. The van der Waals surface area contributed by atoms with Crippen LogP contribution in [0.4, 0.5) is 5.69 Å².